The van der Waals surface area contributed by atoms with Crippen molar-refractivity contribution < 1.29 is 4.79 Å². The standard InChI is InChI=1S/C20H30ClN3O/c1-14(2)16-12-24(13-19(16)22(3)4)20(25)15-7-8-18(17(21)11-15)23-9-5-6-10-23/h7-8,11,14,16,19H,5-6,9-10,12-13H2,1-4H3/t16-,19+/m0/s1. The number of carbonyl (C=O) groups excluding carboxylic acids is 1. The third-order valence-electron chi connectivity index (χ3n) is 5.78. The monoisotopic (exact) mass is 363 g/mol. The van der Waals surface area contributed by atoms with Gasteiger partial charge in [-0.15, -0.1) is 0 Å². The molecule has 1 aromatic carbocycles. The lowest BCUT2D eigenvalue weighted by Crippen LogP contribution is -2.37. The van der Waals surface area contributed by atoms with Crippen LogP contribution in [0.2, 0.25) is 5.02 Å². The van der Waals surface area contributed by atoms with E-state index in [-0.39, 0.29) is 5.91 Å². The number of carbonyl (C=O) groups is 1. The van der Waals surface area contributed by atoms with Crippen LogP contribution in [-0.4, -0.2) is 62.0 Å². The Kier molecular flexibility index (Phi) is 5.59. The maximum Gasteiger partial charge on any atom is 0.253 e. The van der Waals surface area contributed by atoms with E-state index < -0.39 is 0 Å². The van der Waals surface area contributed by atoms with Crippen molar-refractivity contribution >= 4 is 23.2 Å². The van der Waals surface area contributed by atoms with Crippen LogP contribution in [0.5, 0.6) is 0 Å². The summed E-state index contributed by atoms with van der Waals surface area (Å²) in [7, 11) is 4.21. The van der Waals surface area contributed by atoms with E-state index in [1.165, 1.54) is 12.8 Å². The Morgan fingerprint density at radius 2 is 1.88 bits per heavy atom. The fourth-order valence-corrected chi connectivity index (χ4v) is 4.52. The number of rotatable bonds is 4. The number of hydrogen-bond acceptors (Lipinski definition) is 3. The maximum atomic E-state index is 13.0. The molecule has 0 bridgehead atoms. The van der Waals surface area contributed by atoms with Crippen LogP contribution in [0.25, 0.3) is 0 Å². The summed E-state index contributed by atoms with van der Waals surface area (Å²) >= 11 is 6.50. The topological polar surface area (TPSA) is 26.8 Å². The fraction of sp³-hybridized carbons (Fsp3) is 0.650. The van der Waals surface area contributed by atoms with Crippen molar-refractivity contribution in [1.29, 1.82) is 0 Å². The van der Waals surface area contributed by atoms with Crippen LogP contribution >= 0.6 is 11.6 Å². The highest BCUT2D eigenvalue weighted by molar-refractivity contribution is 6.33. The summed E-state index contributed by atoms with van der Waals surface area (Å²) in [5.74, 6) is 1.18. The van der Waals surface area contributed by atoms with Crippen molar-refractivity contribution in [3.05, 3.63) is 28.8 Å². The number of anilines is 1. The molecule has 0 spiro atoms. The maximum absolute atomic E-state index is 13.0. The first kappa shape index (κ1) is 18.5. The van der Waals surface area contributed by atoms with Crippen LogP contribution in [0.4, 0.5) is 5.69 Å². The smallest absolute Gasteiger partial charge is 0.253 e. The molecule has 0 radical (unpaired) electrons. The molecule has 2 aliphatic rings. The second-order valence-electron chi connectivity index (χ2n) is 8.01. The van der Waals surface area contributed by atoms with Gasteiger partial charge < -0.3 is 14.7 Å². The van der Waals surface area contributed by atoms with E-state index in [9.17, 15) is 4.79 Å². The van der Waals surface area contributed by atoms with Gasteiger partial charge in [0.25, 0.3) is 5.91 Å². The largest absolute Gasteiger partial charge is 0.370 e. The van der Waals surface area contributed by atoms with Gasteiger partial charge in [0.2, 0.25) is 0 Å². The first-order valence-corrected chi connectivity index (χ1v) is 9.76. The van der Waals surface area contributed by atoms with Gasteiger partial charge >= 0.3 is 0 Å². The van der Waals surface area contributed by atoms with Crippen LogP contribution in [-0.2, 0) is 0 Å². The van der Waals surface area contributed by atoms with E-state index in [0.717, 1.165) is 31.9 Å². The predicted octanol–water partition coefficient (Wildman–Crippen LogP) is 3.60. The minimum absolute atomic E-state index is 0.102. The van der Waals surface area contributed by atoms with E-state index in [2.05, 4.69) is 37.7 Å². The second kappa shape index (κ2) is 7.55. The number of nitrogens with zero attached hydrogens (tertiary/aromatic N) is 3. The van der Waals surface area contributed by atoms with E-state index in [1.54, 1.807) is 0 Å². The molecular formula is C20H30ClN3O. The molecular weight excluding hydrogens is 334 g/mol. The quantitative estimate of drug-likeness (QED) is 0.817. The Balaban J connectivity index is 1.76. The molecule has 138 valence electrons. The summed E-state index contributed by atoms with van der Waals surface area (Å²) in [4.78, 5) is 19.6. The van der Waals surface area contributed by atoms with Crippen molar-refractivity contribution in [2.75, 3.05) is 45.2 Å². The van der Waals surface area contributed by atoms with Crippen molar-refractivity contribution in [3.8, 4) is 0 Å². The van der Waals surface area contributed by atoms with Gasteiger partial charge in [0.1, 0.15) is 0 Å². The van der Waals surface area contributed by atoms with Crippen LogP contribution in [0.15, 0.2) is 18.2 Å². The van der Waals surface area contributed by atoms with Crippen molar-refractivity contribution in [2.45, 2.75) is 32.7 Å². The number of benzene rings is 1. The molecule has 0 unspecified atom stereocenters. The van der Waals surface area contributed by atoms with Gasteiger partial charge in [-0.2, -0.15) is 0 Å². The summed E-state index contributed by atoms with van der Waals surface area (Å²) in [6.45, 7) is 8.22. The molecule has 25 heavy (non-hydrogen) atoms. The molecule has 0 saturated carbocycles. The number of amides is 1. The normalized spacial score (nSPS) is 24.0. The van der Waals surface area contributed by atoms with Gasteiger partial charge in [0.05, 0.1) is 10.7 Å². The Hall–Kier alpha value is -1.26. The van der Waals surface area contributed by atoms with Gasteiger partial charge in [0, 0.05) is 37.8 Å². The highest BCUT2D eigenvalue weighted by atomic mass is 35.5. The lowest BCUT2D eigenvalue weighted by atomic mass is 9.91. The molecule has 2 atom stereocenters. The molecule has 4 nitrogen and oxygen atoms in total. The first-order valence-electron chi connectivity index (χ1n) is 9.38. The predicted molar refractivity (Wildman–Crippen MR) is 105 cm³/mol. The van der Waals surface area contributed by atoms with Crippen molar-refractivity contribution in [2.24, 2.45) is 11.8 Å². The van der Waals surface area contributed by atoms with Crippen LogP contribution in [0, 0.1) is 11.8 Å². The molecule has 2 aliphatic heterocycles. The Labute approximate surface area is 156 Å². The number of likely N-dealkylation sites (N-methyl/N-ethyl adjacent to an activating group) is 1. The molecule has 1 amide bonds. The van der Waals surface area contributed by atoms with Crippen molar-refractivity contribution in [3.63, 3.8) is 0 Å². The Bertz CT molecular complexity index is 609. The van der Waals surface area contributed by atoms with Gasteiger partial charge in [-0.1, -0.05) is 25.4 Å². The van der Waals surface area contributed by atoms with Gasteiger partial charge in [-0.05, 0) is 57.0 Å². The third-order valence-corrected chi connectivity index (χ3v) is 6.08. The first-order chi connectivity index (χ1) is 11.9. The zero-order valence-electron chi connectivity index (χ0n) is 15.8. The molecule has 0 aromatic heterocycles. The minimum atomic E-state index is 0.102. The van der Waals surface area contributed by atoms with E-state index in [1.807, 2.05) is 23.1 Å². The van der Waals surface area contributed by atoms with Crippen LogP contribution in [0.1, 0.15) is 37.0 Å². The molecule has 0 N–H and O–H groups in total. The van der Waals surface area contributed by atoms with E-state index >= 15 is 0 Å². The van der Waals surface area contributed by atoms with Gasteiger partial charge in [-0.25, -0.2) is 0 Å². The molecule has 2 fully saturated rings. The summed E-state index contributed by atoms with van der Waals surface area (Å²) in [5.41, 5.74) is 1.76. The molecule has 0 aliphatic carbocycles. The zero-order chi connectivity index (χ0) is 18.1. The molecule has 3 rings (SSSR count). The molecule has 2 heterocycles. The summed E-state index contributed by atoms with van der Waals surface area (Å²) in [5, 5.41) is 0.691. The molecule has 1 aromatic rings. The van der Waals surface area contributed by atoms with E-state index in [4.69, 9.17) is 11.6 Å². The second-order valence-corrected chi connectivity index (χ2v) is 8.42. The lowest BCUT2D eigenvalue weighted by molar-refractivity contribution is 0.0780. The highest BCUT2D eigenvalue weighted by Gasteiger charge is 2.38. The minimum Gasteiger partial charge on any atom is -0.370 e. The lowest BCUT2D eigenvalue weighted by Gasteiger charge is -2.27. The SMILES string of the molecule is CC(C)[C@@H]1CN(C(=O)c2ccc(N3CCCC3)c(Cl)c2)C[C@H]1N(C)C. The van der Waals surface area contributed by atoms with Crippen molar-refractivity contribution in [1.82, 2.24) is 9.80 Å². The fourth-order valence-electron chi connectivity index (χ4n) is 4.22. The summed E-state index contributed by atoms with van der Waals surface area (Å²) < 4.78 is 0. The summed E-state index contributed by atoms with van der Waals surface area (Å²) in [6.07, 6.45) is 2.43. The molecule has 5 heteroatoms. The zero-order valence-corrected chi connectivity index (χ0v) is 16.6. The number of likely N-dealkylation sites (tertiary alicyclic amines) is 1. The van der Waals surface area contributed by atoms with Gasteiger partial charge in [-0.3, -0.25) is 4.79 Å². The third kappa shape index (κ3) is 3.80. The average Bonchev–Trinajstić information content (AvgIpc) is 3.23. The highest BCUT2D eigenvalue weighted by Crippen LogP contribution is 2.32. The van der Waals surface area contributed by atoms with Crippen LogP contribution < -0.4 is 4.90 Å². The Morgan fingerprint density at radius 1 is 1.20 bits per heavy atom. The van der Waals surface area contributed by atoms with E-state index in [0.29, 0.717) is 28.5 Å². The Morgan fingerprint density at radius 3 is 2.40 bits per heavy atom. The average molecular weight is 364 g/mol. The number of hydrogen-bond donors (Lipinski definition) is 0. The molecule has 2 saturated heterocycles. The van der Waals surface area contributed by atoms with Gasteiger partial charge in [0.15, 0.2) is 0 Å². The van der Waals surface area contributed by atoms with Crippen LogP contribution in [0.3, 0.4) is 0 Å². The number of halogens is 1. The summed E-state index contributed by atoms with van der Waals surface area (Å²) in [6, 6.07) is 6.23.